The van der Waals surface area contributed by atoms with Crippen molar-refractivity contribution in [2.45, 2.75) is 6.61 Å². The third-order valence-electron chi connectivity index (χ3n) is 5.27. The van der Waals surface area contributed by atoms with Gasteiger partial charge in [0.15, 0.2) is 11.5 Å². The smallest absolute Gasteiger partial charge is 0.200 e. The lowest BCUT2D eigenvalue weighted by molar-refractivity contribution is 0.306. The van der Waals surface area contributed by atoms with E-state index >= 15 is 0 Å². The molecule has 0 aliphatic rings. The summed E-state index contributed by atoms with van der Waals surface area (Å²) in [7, 11) is 4.56. The van der Waals surface area contributed by atoms with E-state index in [-0.39, 0.29) is 12.0 Å². The van der Waals surface area contributed by atoms with Crippen LogP contribution in [-0.2, 0) is 6.61 Å². The minimum atomic E-state index is -0.219. The van der Waals surface area contributed by atoms with Gasteiger partial charge in [-0.2, -0.15) is 5.26 Å². The Hall–Kier alpha value is -4.44. The number of ether oxygens (including phenoxy) is 4. The van der Waals surface area contributed by atoms with Crippen molar-refractivity contribution in [3.63, 3.8) is 0 Å². The summed E-state index contributed by atoms with van der Waals surface area (Å²) in [5.41, 5.74) is 2.35. The molecule has 0 N–H and O–H groups in total. The van der Waals surface area contributed by atoms with Gasteiger partial charge in [-0.05, 0) is 24.3 Å². The Balaban J connectivity index is 1.70. The van der Waals surface area contributed by atoms with Crippen LogP contribution in [0, 0.1) is 11.3 Å². The highest BCUT2D eigenvalue weighted by molar-refractivity contribution is 5.84. The zero-order valence-corrected chi connectivity index (χ0v) is 18.4. The van der Waals surface area contributed by atoms with Crippen molar-refractivity contribution in [1.29, 1.82) is 5.26 Å². The van der Waals surface area contributed by atoms with Gasteiger partial charge < -0.3 is 23.4 Å². The molecule has 0 spiro atoms. The zero-order valence-electron chi connectivity index (χ0n) is 18.4. The van der Waals surface area contributed by atoms with Gasteiger partial charge in [0, 0.05) is 23.3 Å². The van der Waals surface area contributed by atoms with Gasteiger partial charge in [-0.15, -0.1) is 0 Å². The summed E-state index contributed by atoms with van der Waals surface area (Å²) in [5.74, 6) is 1.93. The zero-order chi connectivity index (χ0) is 23.4. The summed E-state index contributed by atoms with van der Waals surface area (Å²) in [6.07, 6.45) is 1.39. The maximum Gasteiger partial charge on any atom is 0.200 e. The van der Waals surface area contributed by atoms with Crippen molar-refractivity contribution in [3.8, 4) is 40.2 Å². The Morgan fingerprint density at radius 1 is 0.879 bits per heavy atom. The van der Waals surface area contributed by atoms with Gasteiger partial charge >= 0.3 is 0 Å². The fraction of sp³-hybridized carbons (Fsp3) is 0.154. The predicted octanol–water partition coefficient (Wildman–Crippen LogP) is 4.94. The summed E-state index contributed by atoms with van der Waals surface area (Å²) < 4.78 is 27.8. The van der Waals surface area contributed by atoms with Crippen LogP contribution in [0.2, 0.25) is 0 Å². The monoisotopic (exact) mass is 443 g/mol. The highest BCUT2D eigenvalue weighted by Gasteiger charge is 2.18. The fourth-order valence-corrected chi connectivity index (χ4v) is 3.54. The molecule has 0 fully saturated rings. The lowest BCUT2D eigenvalue weighted by atomic mass is 10.0. The van der Waals surface area contributed by atoms with Crippen molar-refractivity contribution in [2.75, 3.05) is 21.3 Å². The Morgan fingerprint density at radius 3 is 2.33 bits per heavy atom. The molecule has 3 aromatic carbocycles. The number of nitriles is 1. The van der Waals surface area contributed by atoms with Crippen molar-refractivity contribution >= 4 is 11.0 Å². The van der Waals surface area contributed by atoms with E-state index in [0.717, 1.165) is 5.56 Å². The van der Waals surface area contributed by atoms with Crippen molar-refractivity contribution in [3.05, 3.63) is 82.2 Å². The van der Waals surface area contributed by atoms with Crippen LogP contribution in [0.5, 0.6) is 23.0 Å². The topological polar surface area (TPSA) is 90.9 Å². The highest BCUT2D eigenvalue weighted by Crippen LogP contribution is 2.39. The second-order valence-corrected chi connectivity index (χ2v) is 7.10. The molecule has 0 saturated carbocycles. The third kappa shape index (κ3) is 4.19. The maximum atomic E-state index is 13.3. The van der Waals surface area contributed by atoms with Gasteiger partial charge in [0.25, 0.3) is 0 Å². The Kier molecular flexibility index (Phi) is 6.18. The lowest BCUT2D eigenvalue weighted by Gasteiger charge is -2.14. The highest BCUT2D eigenvalue weighted by atomic mass is 16.5. The number of nitrogens with zero attached hydrogens (tertiary/aromatic N) is 1. The van der Waals surface area contributed by atoms with Crippen LogP contribution < -0.4 is 24.4 Å². The van der Waals surface area contributed by atoms with Crippen LogP contribution >= 0.6 is 0 Å². The number of benzene rings is 3. The molecule has 0 unspecified atom stereocenters. The average molecular weight is 443 g/mol. The molecule has 33 heavy (non-hydrogen) atoms. The summed E-state index contributed by atoms with van der Waals surface area (Å²) in [6.45, 7) is 0.223. The first kappa shape index (κ1) is 21.8. The van der Waals surface area contributed by atoms with Crippen LogP contribution in [0.4, 0.5) is 0 Å². The van der Waals surface area contributed by atoms with E-state index in [0.29, 0.717) is 50.7 Å². The van der Waals surface area contributed by atoms with Crippen molar-refractivity contribution in [1.82, 2.24) is 0 Å². The molecule has 1 heterocycles. The molecule has 1 aromatic heterocycles. The first-order valence-corrected chi connectivity index (χ1v) is 10.1. The molecule has 0 atom stereocenters. The van der Waals surface area contributed by atoms with Gasteiger partial charge in [0.1, 0.15) is 30.0 Å². The van der Waals surface area contributed by atoms with E-state index in [4.69, 9.17) is 23.4 Å². The van der Waals surface area contributed by atoms with E-state index in [1.165, 1.54) is 27.6 Å². The Bertz CT molecular complexity index is 1420. The van der Waals surface area contributed by atoms with E-state index in [9.17, 15) is 10.1 Å². The molecule has 0 amide bonds. The molecule has 166 valence electrons. The number of methoxy groups -OCH3 is 3. The first-order valence-electron chi connectivity index (χ1n) is 10.1. The van der Waals surface area contributed by atoms with Crippen LogP contribution in [-0.4, -0.2) is 21.3 Å². The number of hydrogen-bond donors (Lipinski definition) is 0. The Morgan fingerprint density at radius 2 is 1.61 bits per heavy atom. The molecule has 0 saturated heterocycles. The molecular weight excluding hydrogens is 422 g/mol. The van der Waals surface area contributed by atoms with Crippen LogP contribution in [0.3, 0.4) is 0 Å². The summed E-state index contributed by atoms with van der Waals surface area (Å²) in [5, 5.41) is 9.63. The summed E-state index contributed by atoms with van der Waals surface area (Å²) in [4.78, 5) is 13.3. The first-order chi connectivity index (χ1) is 16.1. The largest absolute Gasteiger partial charge is 0.496 e. The quantitative estimate of drug-likeness (QED) is 0.400. The normalized spacial score (nSPS) is 10.5. The third-order valence-corrected chi connectivity index (χ3v) is 5.27. The molecular formula is C26H21NO6. The van der Waals surface area contributed by atoms with E-state index in [2.05, 4.69) is 6.07 Å². The van der Waals surface area contributed by atoms with Gasteiger partial charge in [-0.25, -0.2) is 0 Å². The van der Waals surface area contributed by atoms with Crippen LogP contribution in [0.15, 0.2) is 70.1 Å². The second kappa shape index (κ2) is 9.37. The number of hydrogen-bond acceptors (Lipinski definition) is 7. The Labute approximate surface area is 190 Å². The number of rotatable bonds is 7. The maximum absolute atomic E-state index is 13.3. The second-order valence-electron chi connectivity index (χ2n) is 7.10. The van der Waals surface area contributed by atoms with E-state index in [1.54, 1.807) is 42.5 Å². The van der Waals surface area contributed by atoms with Gasteiger partial charge in [-0.3, -0.25) is 4.79 Å². The minimum Gasteiger partial charge on any atom is -0.496 e. The molecule has 7 nitrogen and oxygen atoms in total. The summed E-state index contributed by atoms with van der Waals surface area (Å²) >= 11 is 0. The van der Waals surface area contributed by atoms with Gasteiger partial charge in [0.05, 0.1) is 43.9 Å². The molecule has 0 aliphatic heterocycles. The fourth-order valence-electron chi connectivity index (χ4n) is 3.54. The minimum absolute atomic E-state index is 0.219. The molecule has 4 aromatic rings. The molecule has 0 bridgehead atoms. The predicted molar refractivity (Wildman–Crippen MR) is 123 cm³/mol. The van der Waals surface area contributed by atoms with E-state index in [1.807, 2.05) is 12.1 Å². The van der Waals surface area contributed by atoms with E-state index < -0.39 is 0 Å². The molecule has 7 heteroatoms. The lowest BCUT2D eigenvalue weighted by Crippen LogP contribution is -2.06. The number of fused-ring (bicyclic) bond motifs is 1. The van der Waals surface area contributed by atoms with Crippen molar-refractivity contribution in [2.24, 2.45) is 0 Å². The average Bonchev–Trinajstić information content (AvgIpc) is 2.87. The van der Waals surface area contributed by atoms with Gasteiger partial charge in [-0.1, -0.05) is 18.2 Å². The molecule has 0 radical (unpaired) electrons. The van der Waals surface area contributed by atoms with Gasteiger partial charge in [0.2, 0.25) is 5.43 Å². The SMILES string of the molecule is COc1cc(OC)c(-c2coc3cc(OCc4ccccc4C#N)ccc3c2=O)cc1OC. The molecule has 4 rings (SSSR count). The van der Waals surface area contributed by atoms with Crippen molar-refractivity contribution < 1.29 is 23.4 Å². The standard InChI is InChI=1S/C26H21NO6/c1-29-22-12-25(31-3)24(30-2)11-20(22)21-15-33-23-10-18(8-9-19(23)26(21)28)32-14-17-7-5-4-6-16(17)13-27/h4-12,15H,14H2,1-3H3. The van der Waals surface area contributed by atoms with Crippen LogP contribution in [0.1, 0.15) is 11.1 Å². The van der Waals surface area contributed by atoms with Crippen LogP contribution in [0.25, 0.3) is 22.1 Å². The summed E-state index contributed by atoms with van der Waals surface area (Å²) in [6, 6.07) is 17.7. The molecule has 0 aliphatic carbocycles.